The molecule has 3 N–H and O–H groups in total. The molecule has 4 rings (SSSR count). The number of benzene rings is 3. The van der Waals surface area contributed by atoms with Crippen LogP contribution < -0.4 is 10.5 Å². The van der Waals surface area contributed by atoms with Gasteiger partial charge in [0.2, 0.25) is 10.0 Å². The molecule has 0 aliphatic carbocycles. The molecule has 34 heavy (non-hydrogen) atoms. The van der Waals surface area contributed by atoms with Crippen molar-refractivity contribution in [3.8, 4) is 11.8 Å². The molecule has 1 aliphatic rings. The molecule has 0 saturated carbocycles. The molecule has 8 nitrogen and oxygen atoms in total. The van der Waals surface area contributed by atoms with Gasteiger partial charge in [0.25, 0.3) is 0 Å². The number of hydrogen-bond donors (Lipinski definition) is 2. The summed E-state index contributed by atoms with van der Waals surface area (Å²) in [7, 11) is -3.87. The summed E-state index contributed by atoms with van der Waals surface area (Å²) in [6, 6.07) is 23.3. The molecule has 0 amide bonds. The first-order valence-electron chi connectivity index (χ1n) is 10.6. The number of carboxylic acids is 1. The molecular weight excluding hydrogens is 454 g/mol. The van der Waals surface area contributed by atoms with Gasteiger partial charge in [0, 0.05) is 0 Å². The summed E-state index contributed by atoms with van der Waals surface area (Å²) in [5, 5.41) is 18.5. The second-order valence-electron chi connectivity index (χ2n) is 8.14. The summed E-state index contributed by atoms with van der Waals surface area (Å²) in [6.07, 6.45) is 0.0146. The van der Waals surface area contributed by atoms with Gasteiger partial charge in [-0.2, -0.15) is 9.57 Å². The van der Waals surface area contributed by atoms with E-state index in [0.717, 1.165) is 5.56 Å². The highest BCUT2D eigenvalue weighted by molar-refractivity contribution is 7.89. The van der Waals surface area contributed by atoms with Crippen LogP contribution in [-0.2, 0) is 26.8 Å². The number of nitriles is 1. The third-order valence-corrected chi connectivity index (χ3v) is 7.57. The fourth-order valence-electron chi connectivity index (χ4n) is 3.92. The van der Waals surface area contributed by atoms with E-state index >= 15 is 0 Å². The highest BCUT2D eigenvalue weighted by Crippen LogP contribution is 2.40. The molecule has 1 heterocycles. The molecule has 3 aromatic carbocycles. The van der Waals surface area contributed by atoms with E-state index in [1.807, 2.05) is 30.3 Å². The maximum atomic E-state index is 13.4. The quantitative estimate of drug-likeness (QED) is 0.509. The van der Waals surface area contributed by atoms with Gasteiger partial charge < -0.3 is 15.6 Å². The first kappa shape index (κ1) is 23.4. The minimum absolute atomic E-state index is 0.0146. The fourth-order valence-corrected chi connectivity index (χ4v) is 5.53. The second kappa shape index (κ2) is 9.27. The number of para-hydroxylation sites is 1. The Hall–Kier alpha value is -3.71. The Morgan fingerprint density at radius 1 is 1.09 bits per heavy atom. The number of carboxylic acid groups (broad SMARTS) is 1. The van der Waals surface area contributed by atoms with Crippen molar-refractivity contribution in [2.75, 3.05) is 13.1 Å². The number of ether oxygens (including phenoxy) is 1. The number of nitrogens with two attached hydrogens (primary N) is 1. The van der Waals surface area contributed by atoms with Crippen LogP contribution in [0.5, 0.6) is 5.75 Å². The van der Waals surface area contributed by atoms with Crippen LogP contribution in [0.3, 0.4) is 0 Å². The van der Waals surface area contributed by atoms with Crippen LogP contribution in [0.1, 0.15) is 16.7 Å². The summed E-state index contributed by atoms with van der Waals surface area (Å²) in [5.74, 6) is -0.769. The van der Waals surface area contributed by atoms with Gasteiger partial charge >= 0.3 is 5.97 Å². The van der Waals surface area contributed by atoms with Crippen molar-refractivity contribution >= 4 is 16.0 Å². The molecule has 0 radical (unpaired) electrons. The first-order valence-corrected chi connectivity index (χ1v) is 12.0. The van der Waals surface area contributed by atoms with Gasteiger partial charge in [-0.05, 0) is 41.8 Å². The molecule has 1 atom stereocenters. The normalized spacial score (nSPS) is 16.1. The van der Waals surface area contributed by atoms with E-state index in [1.165, 1.54) is 16.4 Å². The number of nitrogens with zero attached hydrogens (tertiary/aromatic N) is 2. The van der Waals surface area contributed by atoms with Crippen molar-refractivity contribution in [1.82, 2.24) is 4.31 Å². The lowest BCUT2D eigenvalue weighted by Crippen LogP contribution is -2.64. The van der Waals surface area contributed by atoms with Gasteiger partial charge in [-0.25, -0.2) is 8.42 Å². The van der Waals surface area contributed by atoms with Crippen LogP contribution in [0.25, 0.3) is 0 Å². The number of carbonyl (C=O) groups is 1. The van der Waals surface area contributed by atoms with Crippen molar-refractivity contribution < 1.29 is 23.1 Å². The van der Waals surface area contributed by atoms with Crippen LogP contribution in [0, 0.1) is 11.3 Å². The van der Waals surface area contributed by atoms with E-state index in [-0.39, 0.29) is 24.4 Å². The highest BCUT2D eigenvalue weighted by atomic mass is 32.2. The van der Waals surface area contributed by atoms with E-state index in [1.54, 1.807) is 36.4 Å². The topological polar surface area (TPSA) is 134 Å². The molecule has 3 aromatic rings. The summed E-state index contributed by atoms with van der Waals surface area (Å²) in [5.41, 5.74) is 6.33. The Morgan fingerprint density at radius 3 is 2.44 bits per heavy atom. The monoisotopic (exact) mass is 477 g/mol. The Bertz CT molecular complexity index is 1350. The van der Waals surface area contributed by atoms with Gasteiger partial charge in [-0.15, -0.1) is 0 Å². The van der Waals surface area contributed by atoms with E-state index in [2.05, 4.69) is 6.07 Å². The Balaban J connectivity index is 1.62. The minimum Gasteiger partial charge on any atom is -0.480 e. The molecule has 0 unspecified atom stereocenters. The van der Waals surface area contributed by atoms with Crippen LogP contribution in [0.2, 0.25) is 0 Å². The smallest absolute Gasteiger partial charge is 0.320 e. The molecule has 0 spiro atoms. The van der Waals surface area contributed by atoms with Gasteiger partial charge in [-0.3, -0.25) is 4.79 Å². The third-order valence-electron chi connectivity index (χ3n) is 5.79. The Morgan fingerprint density at radius 2 is 1.76 bits per heavy atom. The predicted octanol–water partition coefficient (Wildman–Crippen LogP) is 2.49. The molecule has 9 heteroatoms. The zero-order chi connectivity index (χ0) is 24.3. The Kier molecular flexibility index (Phi) is 6.39. The summed E-state index contributed by atoms with van der Waals surface area (Å²) >= 11 is 0. The number of aliphatic carboxylic acids is 1. The maximum Gasteiger partial charge on any atom is 0.320 e. The van der Waals surface area contributed by atoms with Gasteiger partial charge in [0.1, 0.15) is 17.9 Å². The summed E-state index contributed by atoms with van der Waals surface area (Å²) < 4.78 is 34.3. The summed E-state index contributed by atoms with van der Waals surface area (Å²) in [6.45, 7) is 0.107. The molecular formula is C25H23N3O5S. The number of sulfonamides is 1. The lowest BCUT2D eigenvalue weighted by Gasteiger charge is -2.49. The standard InChI is InChI=1S/C25H23N3O5S/c26-15-19-8-4-5-12-23(19)33-25(20-9-2-1-3-10-20)16-28(17-25)34(31,32)21-11-6-7-18(13-21)14-22(27)24(29)30/h1-13,22H,14,16-17,27H2,(H,29,30)/t22-/m0/s1. The first-order chi connectivity index (χ1) is 16.2. The van der Waals surface area contributed by atoms with Crippen molar-refractivity contribution in [2.45, 2.75) is 23.0 Å². The molecule has 1 aliphatic heterocycles. The van der Waals surface area contributed by atoms with Crippen molar-refractivity contribution in [1.29, 1.82) is 5.26 Å². The second-order valence-corrected chi connectivity index (χ2v) is 10.1. The molecule has 174 valence electrons. The zero-order valence-electron chi connectivity index (χ0n) is 18.2. The van der Waals surface area contributed by atoms with Crippen molar-refractivity contribution in [2.24, 2.45) is 5.73 Å². The number of rotatable bonds is 8. The van der Waals surface area contributed by atoms with Crippen LogP contribution >= 0.6 is 0 Å². The lowest BCUT2D eigenvalue weighted by atomic mass is 9.87. The lowest BCUT2D eigenvalue weighted by molar-refractivity contribution is -0.138. The van der Waals surface area contributed by atoms with Crippen LogP contribution in [0.4, 0.5) is 0 Å². The highest BCUT2D eigenvalue weighted by Gasteiger charge is 2.52. The summed E-state index contributed by atoms with van der Waals surface area (Å²) in [4.78, 5) is 11.1. The van der Waals surface area contributed by atoms with E-state index < -0.39 is 27.6 Å². The van der Waals surface area contributed by atoms with Crippen LogP contribution in [0.15, 0.2) is 83.8 Å². The Labute approximate surface area is 197 Å². The average molecular weight is 478 g/mol. The largest absolute Gasteiger partial charge is 0.480 e. The van der Waals surface area contributed by atoms with E-state index in [9.17, 15) is 18.5 Å². The van der Waals surface area contributed by atoms with Crippen molar-refractivity contribution in [3.63, 3.8) is 0 Å². The predicted molar refractivity (Wildman–Crippen MR) is 124 cm³/mol. The molecule has 1 saturated heterocycles. The fraction of sp³-hybridized carbons (Fsp3) is 0.200. The number of hydrogen-bond acceptors (Lipinski definition) is 6. The average Bonchev–Trinajstić information content (AvgIpc) is 2.82. The van der Waals surface area contributed by atoms with E-state index in [4.69, 9.17) is 15.6 Å². The van der Waals surface area contributed by atoms with Gasteiger partial charge in [-0.1, -0.05) is 54.6 Å². The minimum atomic E-state index is -3.87. The third kappa shape index (κ3) is 4.52. The molecule has 1 fully saturated rings. The molecule has 0 bridgehead atoms. The maximum absolute atomic E-state index is 13.4. The zero-order valence-corrected chi connectivity index (χ0v) is 19.0. The van der Waals surface area contributed by atoms with Crippen molar-refractivity contribution in [3.05, 3.63) is 95.6 Å². The molecule has 0 aromatic heterocycles. The van der Waals surface area contributed by atoms with Gasteiger partial charge in [0.15, 0.2) is 5.60 Å². The SMILES string of the molecule is N#Cc1ccccc1OC1(c2ccccc2)CN(S(=O)(=O)c2cccc(C[C@H](N)C(=O)O)c2)C1. The van der Waals surface area contributed by atoms with Crippen LogP contribution in [-0.4, -0.2) is 42.9 Å². The van der Waals surface area contributed by atoms with E-state index in [0.29, 0.717) is 16.9 Å². The van der Waals surface area contributed by atoms with Gasteiger partial charge in [0.05, 0.1) is 23.5 Å².